The lowest BCUT2D eigenvalue weighted by atomic mass is 9.97. The van der Waals surface area contributed by atoms with Crippen molar-refractivity contribution in [1.29, 1.82) is 0 Å². The summed E-state index contributed by atoms with van der Waals surface area (Å²) in [6, 6.07) is 15.1. The minimum atomic E-state index is -0.565. The summed E-state index contributed by atoms with van der Waals surface area (Å²) < 4.78 is 5.41. The van der Waals surface area contributed by atoms with E-state index in [2.05, 4.69) is 10.6 Å². The number of methoxy groups -OCH3 is 1. The Kier molecular flexibility index (Phi) is 4.95. The van der Waals surface area contributed by atoms with Crippen molar-refractivity contribution in [2.24, 2.45) is 5.92 Å². The summed E-state index contributed by atoms with van der Waals surface area (Å²) in [5, 5.41) is 15.4. The molecule has 0 aliphatic heterocycles. The second-order valence-electron chi connectivity index (χ2n) is 6.71. The average Bonchev–Trinajstić information content (AvgIpc) is 3.47. The Balaban J connectivity index is 1.74. The number of carbonyl (C=O) groups is 1. The fraction of sp³-hybridized carbons (Fsp3) is 0.350. The van der Waals surface area contributed by atoms with Crippen LogP contribution >= 0.6 is 0 Å². The van der Waals surface area contributed by atoms with E-state index in [1.54, 1.807) is 7.11 Å². The molecule has 0 spiro atoms. The smallest absolute Gasteiger partial charge is 0.319 e. The SMILES string of the molecule is COc1ccccc1-c1cccc(NC(=O)NC(C)(CO)C2CC2)c1. The van der Waals surface area contributed by atoms with E-state index in [1.165, 1.54) is 0 Å². The summed E-state index contributed by atoms with van der Waals surface area (Å²) in [5.74, 6) is 1.13. The van der Waals surface area contributed by atoms with Crippen LogP contribution in [0.2, 0.25) is 0 Å². The molecule has 132 valence electrons. The van der Waals surface area contributed by atoms with Crippen molar-refractivity contribution in [3.05, 3.63) is 48.5 Å². The number of aliphatic hydroxyl groups excluding tert-OH is 1. The van der Waals surface area contributed by atoms with E-state index < -0.39 is 5.54 Å². The Hall–Kier alpha value is -2.53. The molecule has 25 heavy (non-hydrogen) atoms. The monoisotopic (exact) mass is 340 g/mol. The van der Waals surface area contributed by atoms with E-state index in [1.807, 2.05) is 55.5 Å². The van der Waals surface area contributed by atoms with Crippen LogP contribution in [0.15, 0.2) is 48.5 Å². The van der Waals surface area contributed by atoms with Gasteiger partial charge in [0.2, 0.25) is 0 Å². The molecule has 5 nitrogen and oxygen atoms in total. The van der Waals surface area contributed by atoms with Gasteiger partial charge in [0.25, 0.3) is 0 Å². The lowest BCUT2D eigenvalue weighted by molar-refractivity contribution is 0.159. The normalized spacial score (nSPS) is 16.0. The number of ether oxygens (including phenoxy) is 1. The molecule has 3 N–H and O–H groups in total. The number of nitrogens with one attached hydrogen (secondary N) is 2. The van der Waals surface area contributed by atoms with Gasteiger partial charge in [-0.1, -0.05) is 30.3 Å². The number of rotatable bonds is 6. The van der Waals surface area contributed by atoms with Crippen LogP contribution in [-0.2, 0) is 0 Å². The van der Waals surface area contributed by atoms with Crippen LogP contribution in [0.3, 0.4) is 0 Å². The molecular formula is C20H24N2O3. The lowest BCUT2D eigenvalue weighted by Gasteiger charge is -2.28. The van der Waals surface area contributed by atoms with Crippen LogP contribution < -0.4 is 15.4 Å². The minimum Gasteiger partial charge on any atom is -0.496 e. The van der Waals surface area contributed by atoms with E-state index in [4.69, 9.17) is 4.74 Å². The first-order chi connectivity index (χ1) is 12.1. The van der Waals surface area contributed by atoms with Gasteiger partial charge < -0.3 is 20.5 Å². The third-order valence-corrected chi connectivity index (χ3v) is 4.74. The van der Waals surface area contributed by atoms with Gasteiger partial charge in [-0.15, -0.1) is 0 Å². The molecule has 0 bridgehead atoms. The quantitative estimate of drug-likeness (QED) is 0.752. The predicted octanol–water partition coefficient (Wildman–Crippen LogP) is 3.64. The van der Waals surface area contributed by atoms with E-state index in [0.717, 1.165) is 29.7 Å². The molecule has 0 saturated heterocycles. The Morgan fingerprint density at radius 3 is 2.68 bits per heavy atom. The van der Waals surface area contributed by atoms with Crippen molar-refractivity contribution in [2.45, 2.75) is 25.3 Å². The maximum atomic E-state index is 12.3. The standard InChI is InChI=1S/C20H24N2O3/c1-20(13-23,15-10-11-15)22-19(24)21-16-7-5-6-14(12-16)17-8-3-4-9-18(17)25-2/h3-9,12,15,23H,10-11,13H2,1-2H3,(H2,21,22,24). The zero-order valence-electron chi connectivity index (χ0n) is 14.6. The van der Waals surface area contributed by atoms with Gasteiger partial charge in [0, 0.05) is 11.3 Å². The van der Waals surface area contributed by atoms with E-state index >= 15 is 0 Å². The maximum absolute atomic E-state index is 12.3. The second kappa shape index (κ2) is 7.15. The van der Waals surface area contributed by atoms with Crippen molar-refractivity contribution in [3.8, 4) is 16.9 Å². The Labute approximate surface area is 148 Å². The molecule has 1 aliphatic rings. The van der Waals surface area contributed by atoms with Gasteiger partial charge in [-0.05, 0) is 49.4 Å². The van der Waals surface area contributed by atoms with Crippen molar-refractivity contribution >= 4 is 11.7 Å². The Morgan fingerprint density at radius 1 is 1.24 bits per heavy atom. The number of hydrogen-bond acceptors (Lipinski definition) is 3. The summed E-state index contributed by atoms with van der Waals surface area (Å²) in [5.41, 5.74) is 2.05. The van der Waals surface area contributed by atoms with Crippen LogP contribution in [0, 0.1) is 5.92 Å². The third kappa shape index (κ3) is 3.94. The van der Waals surface area contributed by atoms with Crippen LogP contribution in [0.4, 0.5) is 10.5 Å². The van der Waals surface area contributed by atoms with Crippen molar-refractivity contribution in [1.82, 2.24) is 5.32 Å². The number of amides is 2. The van der Waals surface area contributed by atoms with E-state index in [9.17, 15) is 9.90 Å². The van der Waals surface area contributed by atoms with E-state index in [0.29, 0.717) is 11.6 Å². The molecule has 1 saturated carbocycles. The van der Waals surface area contributed by atoms with Crippen LogP contribution in [0.5, 0.6) is 5.75 Å². The first-order valence-electron chi connectivity index (χ1n) is 8.49. The minimum absolute atomic E-state index is 0.0632. The van der Waals surface area contributed by atoms with Gasteiger partial charge in [-0.3, -0.25) is 0 Å². The number of aliphatic hydroxyl groups is 1. The zero-order valence-corrected chi connectivity index (χ0v) is 14.6. The van der Waals surface area contributed by atoms with Crippen molar-refractivity contribution < 1.29 is 14.6 Å². The van der Waals surface area contributed by atoms with Crippen LogP contribution in [0.1, 0.15) is 19.8 Å². The number of hydrogen-bond donors (Lipinski definition) is 3. The molecular weight excluding hydrogens is 316 g/mol. The Morgan fingerprint density at radius 2 is 2.00 bits per heavy atom. The van der Waals surface area contributed by atoms with Crippen LogP contribution in [0.25, 0.3) is 11.1 Å². The fourth-order valence-electron chi connectivity index (χ4n) is 3.06. The van der Waals surface area contributed by atoms with Gasteiger partial charge >= 0.3 is 6.03 Å². The second-order valence-corrected chi connectivity index (χ2v) is 6.71. The molecule has 2 aromatic carbocycles. The molecule has 1 aliphatic carbocycles. The highest BCUT2D eigenvalue weighted by atomic mass is 16.5. The molecule has 1 fully saturated rings. The molecule has 3 rings (SSSR count). The molecule has 0 aromatic heterocycles. The molecule has 5 heteroatoms. The number of benzene rings is 2. The number of carbonyl (C=O) groups excluding carboxylic acids is 1. The Bertz CT molecular complexity index is 758. The molecule has 1 unspecified atom stereocenters. The van der Waals surface area contributed by atoms with Crippen molar-refractivity contribution in [2.75, 3.05) is 19.0 Å². The highest BCUT2D eigenvalue weighted by molar-refractivity contribution is 5.91. The molecule has 0 radical (unpaired) electrons. The average molecular weight is 340 g/mol. The highest BCUT2D eigenvalue weighted by Crippen LogP contribution is 2.39. The number of para-hydroxylation sites is 1. The number of urea groups is 1. The van der Waals surface area contributed by atoms with Gasteiger partial charge in [-0.25, -0.2) is 4.79 Å². The summed E-state index contributed by atoms with van der Waals surface area (Å²) in [6.45, 7) is 1.82. The summed E-state index contributed by atoms with van der Waals surface area (Å²) in [6.07, 6.45) is 2.08. The van der Waals surface area contributed by atoms with Crippen LogP contribution in [-0.4, -0.2) is 30.4 Å². The first-order valence-corrected chi connectivity index (χ1v) is 8.49. The molecule has 0 heterocycles. The summed E-state index contributed by atoms with van der Waals surface area (Å²) in [4.78, 5) is 12.3. The number of anilines is 1. The summed E-state index contributed by atoms with van der Waals surface area (Å²) in [7, 11) is 1.64. The fourth-order valence-corrected chi connectivity index (χ4v) is 3.06. The van der Waals surface area contributed by atoms with E-state index in [-0.39, 0.29) is 12.6 Å². The maximum Gasteiger partial charge on any atom is 0.319 e. The first kappa shape index (κ1) is 17.3. The largest absolute Gasteiger partial charge is 0.496 e. The molecule has 2 aromatic rings. The zero-order chi connectivity index (χ0) is 17.9. The summed E-state index contributed by atoms with van der Waals surface area (Å²) >= 11 is 0. The van der Waals surface area contributed by atoms with Gasteiger partial charge in [-0.2, -0.15) is 0 Å². The van der Waals surface area contributed by atoms with Crippen molar-refractivity contribution in [3.63, 3.8) is 0 Å². The van der Waals surface area contributed by atoms with Gasteiger partial charge in [0.1, 0.15) is 5.75 Å². The lowest BCUT2D eigenvalue weighted by Crippen LogP contribution is -2.52. The van der Waals surface area contributed by atoms with Gasteiger partial charge in [0.15, 0.2) is 0 Å². The molecule has 1 atom stereocenters. The molecule has 2 amide bonds. The highest BCUT2D eigenvalue weighted by Gasteiger charge is 2.42. The van der Waals surface area contributed by atoms with Gasteiger partial charge in [0.05, 0.1) is 19.3 Å². The third-order valence-electron chi connectivity index (χ3n) is 4.74. The topological polar surface area (TPSA) is 70.6 Å². The predicted molar refractivity (Wildman–Crippen MR) is 98.8 cm³/mol.